The molecule has 1 aromatic carbocycles. The molecule has 0 saturated carbocycles. The lowest BCUT2D eigenvalue weighted by atomic mass is 10.0. The fraction of sp³-hybridized carbons (Fsp3) is 0.579. The number of benzene rings is 1. The average molecular weight is 400 g/mol. The maximum atomic E-state index is 12.9. The van der Waals surface area contributed by atoms with Crippen molar-refractivity contribution < 1.29 is 32.2 Å². The third-order valence-electron chi connectivity index (χ3n) is 4.59. The summed E-state index contributed by atoms with van der Waals surface area (Å²) in [5.41, 5.74) is 1.21. The number of carbonyl (C=O) groups is 2. The predicted octanol–water partition coefficient (Wildman–Crippen LogP) is 3.31. The van der Waals surface area contributed by atoms with Crippen molar-refractivity contribution in [2.75, 3.05) is 31.1 Å². The Morgan fingerprint density at radius 2 is 1.64 bits per heavy atom. The van der Waals surface area contributed by atoms with E-state index in [1.807, 2.05) is 0 Å². The molecule has 28 heavy (non-hydrogen) atoms. The van der Waals surface area contributed by atoms with E-state index in [1.54, 1.807) is 37.8 Å². The Morgan fingerprint density at radius 3 is 2.21 bits per heavy atom. The van der Waals surface area contributed by atoms with Gasteiger partial charge in [0.05, 0.1) is 12.2 Å². The van der Waals surface area contributed by atoms with E-state index in [0.29, 0.717) is 25.9 Å². The first-order valence-corrected chi connectivity index (χ1v) is 9.11. The maximum Gasteiger partial charge on any atom is 0.471 e. The van der Waals surface area contributed by atoms with Crippen LogP contribution in [0.15, 0.2) is 12.1 Å². The summed E-state index contributed by atoms with van der Waals surface area (Å²) >= 11 is 0. The Labute approximate surface area is 161 Å². The molecule has 154 valence electrons. The minimum atomic E-state index is -4.95. The zero-order valence-corrected chi connectivity index (χ0v) is 16.1. The van der Waals surface area contributed by atoms with Crippen molar-refractivity contribution in [2.45, 2.75) is 45.4 Å². The number of hydrogen-bond acceptors (Lipinski definition) is 4. The average Bonchev–Trinajstić information content (AvgIpc) is 2.78. The largest absolute Gasteiger partial charge is 0.490 e. The van der Waals surface area contributed by atoms with Gasteiger partial charge < -0.3 is 14.4 Å². The molecule has 9 heteroatoms. The van der Waals surface area contributed by atoms with Crippen LogP contribution < -0.4 is 9.64 Å². The Bertz CT molecular complexity index is 787. The number of fused-ring (bicyclic) bond motifs is 2. The van der Waals surface area contributed by atoms with Gasteiger partial charge in [-0.2, -0.15) is 13.2 Å². The minimum Gasteiger partial charge on any atom is -0.490 e. The van der Waals surface area contributed by atoms with Gasteiger partial charge in [-0.1, -0.05) is 0 Å². The van der Waals surface area contributed by atoms with Crippen LogP contribution in [0.4, 0.5) is 23.7 Å². The van der Waals surface area contributed by atoms with Crippen LogP contribution in [0.25, 0.3) is 0 Å². The van der Waals surface area contributed by atoms with E-state index < -0.39 is 23.8 Å². The molecule has 0 aliphatic carbocycles. The number of carbonyl (C=O) groups excluding carboxylic acids is 2. The third kappa shape index (κ3) is 4.34. The number of anilines is 1. The highest BCUT2D eigenvalue weighted by molar-refractivity contribution is 5.99. The minimum absolute atomic E-state index is 0.00234. The fourth-order valence-corrected chi connectivity index (χ4v) is 3.31. The van der Waals surface area contributed by atoms with Crippen LogP contribution in [0, 0.1) is 0 Å². The summed E-state index contributed by atoms with van der Waals surface area (Å²) in [4.78, 5) is 26.4. The highest BCUT2D eigenvalue weighted by atomic mass is 19.4. The van der Waals surface area contributed by atoms with Gasteiger partial charge in [-0.15, -0.1) is 0 Å². The number of amides is 2. The molecular formula is C19H23F3N2O4. The molecule has 0 bridgehead atoms. The lowest BCUT2D eigenvalue weighted by Gasteiger charge is -2.31. The summed E-state index contributed by atoms with van der Waals surface area (Å²) in [7, 11) is 0. The molecule has 0 spiro atoms. The molecule has 0 fully saturated rings. The predicted molar refractivity (Wildman–Crippen MR) is 95.6 cm³/mol. The highest BCUT2D eigenvalue weighted by Gasteiger charge is 2.44. The van der Waals surface area contributed by atoms with Gasteiger partial charge in [0.1, 0.15) is 18.0 Å². The molecule has 2 amide bonds. The van der Waals surface area contributed by atoms with Gasteiger partial charge in [0, 0.05) is 13.1 Å². The van der Waals surface area contributed by atoms with E-state index >= 15 is 0 Å². The molecule has 6 nitrogen and oxygen atoms in total. The Balaban J connectivity index is 1.83. The van der Waals surface area contributed by atoms with Crippen LogP contribution in [0.1, 0.15) is 31.9 Å². The molecule has 1 aromatic rings. The summed E-state index contributed by atoms with van der Waals surface area (Å²) in [5.74, 6) is -1.64. The molecule has 0 radical (unpaired) electrons. The van der Waals surface area contributed by atoms with Gasteiger partial charge in [0.2, 0.25) is 0 Å². The summed E-state index contributed by atoms with van der Waals surface area (Å²) < 4.78 is 49.7. The lowest BCUT2D eigenvalue weighted by Crippen LogP contribution is -2.45. The number of rotatable bonds is 0. The monoisotopic (exact) mass is 400 g/mol. The number of alkyl halides is 3. The van der Waals surface area contributed by atoms with Crippen molar-refractivity contribution in [3.05, 3.63) is 23.3 Å². The number of ether oxygens (including phenoxy) is 2. The second-order valence-electron chi connectivity index (χ2n) is 7.86. The van der Waals surface area contributed by atoms with E-state index in [9.17, 15) is 22.8 Å². The van der Waals surface area contributed by atoms with E-state index in [4.69, 9.17) is 9.47 Å². The molecular weight excluding hydrogens is 377 g/mol. The summed E-state index contributed by atoms with van der Waals surface area (Å²) in [5, 5.41) is 0. The zero-order valence-electron chi connectivity index (χ0n) is 16.1. The van der Waals surface area contributed by atoms with E-state index in [2.05, 4.69) is 0 Å². The standard InChI is InChI=1S/C19H23F3N2O4/c1-18(2,3)28-17(26)23-6-4-12-10-14-15(11-13(12)5-7-23)27-9-8-24(14)16(25)19(20,21)22/h10-11H,4-9H2,1-3H3. The molecule has 0 aromatic heterocycles. The van der Waals surface area contributed by atoms with Crippen LogP contribution in [0.2, 0.25) is 0 Å². The summed E-state index contributed by atoms with van der Waals surface area (Å²) in [6.45, 7) is 6.02. The van der Waals surface area contributed by atoms with Crippen LogP contribution in [-0.2, 0) is 22.4 Å². The topological polar surface area (TPSA) is 59.1 Å². The number of nitrogens with zero attached hydrogens (tertiary/aromatic N) is 2. The van der Waals surface area contributed by atoms with Crippen molar-refractivity contribution in [1.29, 1.82) is 0 Å². The third-order valence-corrected chi connectivity index (χ3v) is 4.59. The first-order valence-electron chi connectivity index (χ1n) is 9.11. The molecule has 3 rings (SSSR count). The van der Waals surface area contributed by atoms with Crippen LogP contribution >= 0.6 is 0 Å². The first-order chi connectivity index (χ1) is 13.0. The van der Waals surface area contributed by atoms with Gasteiger partial charge in [0.15, 0.2) is 0 Å². The lowest BCUT2D eigenvalue weighted by molar-refractivity contribution is -0.170. The van der Waals surface area contributed by atoms with Gasteiger partial charge in [0.25, 0.3) is 0 Å². The second-order valence-corrected chi connectivity index (χ2v) is 7.86. The Hall–Kier alpha value is -2.45. The molecule has 2 aliphatic heterocycles. The quantitative estimate of drug-likeness (QED) is 0.671. The van der Waals surface area contributed by atoms with Crippen LogP contribution in [0.5, 0.6) is 5.75 Å². The van der Waals surface area contributed by atoms with Gasteiger partial charge in [-0.25, -0.2) is 4.79 Å². The van der Waals surface area contributed by atoms with Crippen molar-refractivity contribution >= 4 is 17.7 Å². The molecule has 2 aliphatic rings. The molecule has 0 unspecified atom stereocenters. The second kappa shape index (κ2) is 7.18. The van der Waals surface area contributed by atoms with E-state index in [0.717, 1.165) is 16.0 Å². The fourth-order valence-electron chi connectivity index (χ4n) is 3.31. The van der Waals surface area contributed by atoms with Gasteiger partial charge >= 0.3 is 18.2 Å². The molecule has 0 saturated heterocycles. The van der Waals surface area contributed by atoms with Crippen molar-refractivity contribution in [1.82, 2.24) is 4.90 Å². The molecule has 2 heterocycles. The zero-order chi connectivity index (χ0) is 20.7. The van der Waals surface area contributed by atoms with E-state index in [1.165, 1.54) is 0 Å². The maximum absolute atomic E-state index is 12.9. The van der Waals surface area contributed by atoms with Crippen LogP contribution in [0.3, 0.4) is 0 Å². The SMILES string of the molecule is CC(C)(C)OC(=O)N1CCc2cc3c(cc2CC1)N(C(=O)C(F)(F)F)CCO3. The van der Waals surface area contributed by atoms with Crippen molar-refractivity contribution in [2.24, 2.45) is 0 Å². The van der Waals surface area contributed by atoms with Crippen molar-refractivity contribution in [3.8, 4) is 5.75 Å². The van der Waals surface area contributed by atoms with Gasteiger partial charge in [-0.3, -0.25) is 9.69 Å². The van der Waals surface area contributed by atoms with Gasteiger partial charge in [-0.05, 0) is 56.9 Å². The Morgan fingerprint density at radius 1 is 1.04 bits per heavy atom. The van der Waals surface area contributed by atoms with Crippen molar-refractivity contribution in [3.63, 3.8) is 0 Å². The molecule has 0 N–H and O–H groups in total. The van der Waals surface area contributed by atoms with E-state index in [-0.39, 0.29) is 24.6 Å². The number of halogens is 3. The highest BCUT2D eigenvalue weighted by Crippen LogP contribution is 2.37. The first kappa shape index (κ1) is 20.3. The van der Waals surface area contributed by atoms with Crippen LogP contribution in [-0.4, -0.2) is 54.9 Å². The summed E-state index contributed by atoms with van der Waals surface area (Å²) in [6.07, 6.45) is -4.39. The summed E-state index contributed by atoms with van der Waals surface area (Å²) in [6, 6.07) is 3.26. The number of hydrogen-bond donors (Lipinski definition) is 0. The smallest absolute Gasteiger partial charge is 0.471 e. The normalized spacial score (nSPS) is 17.2. The molecule has 0 atom stereocenters. The Kier molecular flexibility index (Phi) is 5.20.